The van der Waals surface area contributed by atoms with Gasteiger partial charge in [0, 0.05) is 12.1 Å². The maximum Gasteiger partial charge on any atom is 0.141 e. The molecule has 0 atom stereocenters. The Morgan fingerprint density at radius 3 is 2.50 bits per heavy atom. The Bertz CT molecular complexity index is 761. The zero-order valence-corrected chi connectivity index (χ0v) is 11.9. The zero-order valence-electron chi connectivity index (χ0n) is 11.9. The van der Waals surface area contributed by atoms with Gasteiger partial charge in [0.05, 0.1) is 11.0 Å². The van der Waals surface area contributed by atoms with E-state index in [1.54, 1.807) is 0 Å². The highest BCUT2D eigenvalue weighted by Gasteiger charge is 2.11. The van der Waals surface area contributed by atoms with Crippen molar-refractivity contribution in [2.24, 2.45) is 0 Å². The van der Waals surface area contributed by atoms with Crippen LogP contribution in [0.1, 0.15) is 11.1 Å². The van der Waals surface area contributed by atoms with Gasteiger partial charge in [0.25, 0.3) is 0 Å². The Hall–Kier alpha value is -2.35. The van der Waals surface area contributed by atoms with Crippen molar-refractivity contribution in [1.82, 2.24) is 9.55 Å². The van der Waals surface area contributed by atoms with Crippen LogP contribution in [0.2, 0.25) is 0 Å². The Labute approximate surface area is 119 Å². The van der Waals surface area contributed by atoms with Gasteiger partial charge in [-0.2, -0.15) is 0 Å². The summed E-state index contributed by atoms with van der Waals surface area (Å²) in [4.78, 5) is 4.80. The SMILES string of the molecule is C=CCn1c(-c2cc(C)cc(C)c2)nc2ccccc21. The standard InChI is InChI=1S/C18H18N2/c1-4-9-20-17-8-6-5-7-16(17)19-18(20)15-11-13(2)10-14(3)12-15/h4-8,10-12H,1,9H2,2-3H3. The molecule has 0 aliphatic carbocycles. The number of fused-ring (bicyclic) bond motifs is 1. The molecule has 0 bridgehead atoms. The molecule has 0 saturated heterocycles. The minimum absolute atomic E-state index is 0.767. The van der Waals surface area contributed by atoms with Crippen LogP contribution in [0.4, 0.5) is 0 Å². The van der Waals surface area contributed by atoms with Gasteiger partial charge in [0.2, 0.25) is 0 Å². The van der Waals surface area contributed by atoms with Gasteiger partial charge in [0.1, 0.15) is 5.82 Å². The Kier molecular flexibility index (Phi) is 3.15. The first-order chi connectivity index (χ1) is 9.69. The molecule has 2 aromatic carbocycles. The number of hydrogen-bond donors (Lipinski definition) is 0. The number of allylic oxidation sites excluding steroid dienone is 1. The van der Waals surface area contributed by atoms with E-state index in [0.29, 0.717) is 0 Å². The van der Waals surface area contributed by atoms with Crippen molar-refractivity contribution in [1.29, 1.82) is 0 Å². The molecule has 0 unspecified atom stereocenters. The van der Waals surface area contributed by atoms with Crippen LogP contribution in [-0.2, 0) is 6.54 Å². The fourth-order valence-electron chi connectivity index (χ4n) is 2.71. The third kappa shape index (κ3) is 2.14. The van der Waals surface area contributed by atoms with Gasteiger partial charge >= 0.3 is 0 Å². The van der Waals surface area contributed by atoms with Gasteiger partial charge in [-0.05, 0) is 38.1 Å². The van der Waals surface area contributed by atoms with Gasteiger partial charge in [0.15, 0.2) is 0 Å². The summed E-state index contributed by atoms with van der Waals surface area (Å²) in [6, 6.07) is 14.8. The summed E-state index contributed by atoms with van der Waals surface area (Å²) >= 11 is 0. The van der Waals surface area contributed by atoms with Crippen LogP contribution in [0.5, 0.6) is 0 Å². The summed E-state index contributed by atoms with van der Waals surface area (Å²) in [5.41, 5.74) is 5.88. The third-order valence-corrected chi connectivity index (χ3v) is 3.45. The number of hydrogen-bond acceptors (Lipinski definition) is 1. The number of para-hydroxylation sites is 2. The molecule has 0 saturated carbocycles. The highest BCUT2D eigenvalue weighted by Crippen LogP contribution is 2.26. The van der Waals surface area contributed by atoms with Crippen LogP contribution >= 0.6 is 0 Å². The van der Waals surface area contributed by atoms with Crippen LogP contribution in [0, 0.1) is 13.8 Å². The normalized spacial score (nSPS) is 10.9. The predicted molar refractivity (Wildman–Crippen MR) is 84.8 cm³/mol. The van der Waals surface area contributed by atoms with Crippen molar-refractivity contribution in [3.63, 3.8) is 0 Å². The highest BCUT2D eigenvalue weighted by atomic mass is 15.1. The lowest BCUT2D eigenvalue weighted by molar-refractivity contribution is 0.861. The Balaban J connectivity index is 2.29. The summed E-state index contributed by atoms with van der Waals surface area (Å²) in [7, 11) is 0. The number of nitrogens with zero attached hydrogens (tertiary/aromatic N) is 2. The van der Waals surface area contributed by atoms with Crippen LogP contribution in [0.15, 0.2) is 55.1 Å². The molecule has 100 valence electrons. The molecule has 1 heterocycles. The molecule has 1 aromatic heterocycles. The molecule has 2 nitrogen and oxygen atoms in total. The molecule has 0 amide bonds. The van der Waals surface area contributed by atoms with Crippen molar-refractivity contribution in [3.05, 3.63) is 66.2 Å². The molecular formula is C18H18N2. The quantitative estimate of drug-likeness (QED) is 0.635. The summed E-state index contributed by atoms with van der Waals surface area (Å²) in [5.74, 6) is 1.01. The zero-order chi connectivity index (χ0) is 14.1. The van der Waals surface area contributed by atoms with Crippen molar-refractivity contribution in [3.8, 4) is 11.4 Å². The van der Waals surface area contributed by atoms with E-state index in [9.17, 15) is 0 Å². The lowest BCUT2D eigenvalue weighted by atomic mass is 10.1. The summed E-state index contributed by atoms with van der Waals surface area (Å²) in [6.45, 7) is 8.87. The number of benzene rings is 2. The van der Waals surface area contributed by atoms with Crippen molar-refractivity contribution in [2.45, 2.75) is 20.4 Å². The van der Waals surface area contributed by atoms with E-state index in [1.807, 2.05) is 12.1 Å². The number of rotatable bonds is 3. The van der Waals surface area contributed by atoms with Crippen LogP contribution < -0.4 is 0 Å². The average Bonchev–Trinajstić information content (AvgIpc) is 2.77. The van der Waals surface area contributed by atoms with E-state index in [-0.39, 0.29) is 0 Å². The first-order valence-corrected chi connectivity index (χ1v) is 6.84. The number of aromatic nitrogens is 2. The summed E-state index contributed by atoms with van der Waals surface area (Å²) in [5, 5.41) is 0. The highest BCUT2D eigenvalue weighted by molar-refractivity contribution is 5.80. The molecule has 2 heteroatoms. The van der Waals surface area contributed by atoms with Gasteiger partial charge in [-0.25, -0.2) is 4.98 Å². The molecular weight excluding hydrogens is 244 g/mol. The lowest BCUT2D eigenvalue weighted by Gasteiger charge is -2.08. The first-order valence-electron chi connectivity index (χ1n) is 6.84. The summed E-state index contributed by atoms with van der Waals surface area (Å²) < 4.78 is 2.22. The summed E-state index contributed by atoms with van der Waals surface area (Å²) in [6.07, 6.45) is 1.92. The van der Waals surface area contributed by atoms with Crippen LogP contribution in [-0.4, -0.2) is 9.55 Å². The molecule has 3 aromatic rings. The van der Waals surface area contributed by atoms with Crippen molar-refractivity contribution in [2.75, 3.05) is 0 Å². The number of aryl methyl sites for hydroxylation is 2. The van der Waals surface area contributed by atoms with Crippen molar-refractivity contribution >= 4 is 11.0 Å². The second-order valence-corrected chi connectivity index (χ2v) is 5.20. The van der Waals surface area contributed by atoms with Gasteiger partial charge in [-0.3, -0.25) is 0 Å². The second-order valence-electron chi connectivity index (χ2n) is 5.20. The molecule has 0 aliphatic heterocycles. The molecule has 3 rings (SSSR count). The fourth-order valence-corrected chi connectivity index (χ4v) is 2.71. The van der Waals surface area contributed by atoms with E-state index in [4.69, 9.17) is 4.98 Å². The predicted octanol–water partition coefficient (Wildman–Crippen LogP) is 4.51. The fraction of sp³-hybridized carbons (Fsp3) is 0.167. The van der Waals surface area contributed by atoms with Gasteiger partial charge in [-0.15, -0.1) is 6.58 Å². The Morgan fingerprint density at radius 2 is 1.80 bits per heavy atom. The molecule has 0 N–H and O–H groups in total. The van der Waals surface area contributed by atoms with Crippen LogP contribution in [0.3, 0.4) is 0 Å². The maximum absolute atomic E-state index is 4.80. The van der Waals surface area contributed by atoms with Crippen molar-refractivity contribution < 1.29 is 0 Å². The molecule has 20 heavy (non-hydrogen) atoms. The average molecular weight is 262 g/mol. The van der Waals surface area contributed by atoms with Crippen LogP contribution in [0.25, 0.3) is 22.4 Å². The van der Waals surface area contributed by atoms with Gasteiger partial charge in [-0.1, -0.05) is 35.4 Å². The smallest absolute Gasteiger partial charge is 0.141 e. The molecule has 0 spiro atoms. The molecule has 0 fully saturated rings. The molecule has 0 aliphatic rings. The lowest BCUT2D eigenvalue weighted by Crippen LogP contribution is -1.98. The largest absolute Gasteiger partial charge is 0.320 e. The van der Waals surface area contributed by atoms with E-state index >= 15 is 0 Å². The minimum atomic E-state index is 0.767. The minimum Gasteiger partial charge on any atom is -0.320 e. The Morgan fingerprint density at radius 1 is 1.10 bits per heavy atom. The van der Waals surface area contributed by atoms with Gasteiger partial charge < -0.3 is 4.57 Å². The molecule has 0 radical (unpaired) electrons. The first kappa shape index (κ1) is 12.7. The maximum atomic E-state index is 4.80. The van der Waals surface area contributed by atoms with E-state index < -0.39 is 0 Å². The van der Waals surface area contributed by atoms with E-state index in [0.717, 1.165) is 23.4 Å². The van der Waals surface area contributed by atoms with E-state index in [1.165, 1.54) is 16.7 Å². The number of imidazole rings is 1. The monoisotopic (exact) mass is 262 g/mol. The topological polar surface area (TPSA) is 17.8 Å². The third-order valence-electron chi connectivity index (χ3n) is 3.45. The van der Waals surface area contributed by atoms with E-state index in [2.05, 4.69) is 61.4 Å². The second kappa shape index (κ2) is 4.97.